The predicted octanol–water partition coefficient (Wildman–Crippen LogP) is 10.7. The van der Waals surface area contributed by atoms with E-state index in [2.05, 4.69) is 113 Å². The zero-order valence-corrected chi connectivity index (χ0v) is 29.7. The first-order valence-electron chi connectivity index (χ1n) is 15.4. The minimum atomic E-state index is -0.299. The zero-order valence-electron chi connectivity index (χ0n) is 28.6. The molecule has 0 aromatic heterocycles. The first-order chi connectivity index (χ1) is 18.6. The molecule has 41 heavy (non-hydrogen) atoms. The molecule has 0 amide bonds. The van der Waals surface area contributed by atoms with Crippen molar-refractivity contribution in [2.75, 3.05) is 0 Å². The van der Waals surface area contributed by atoms with E-state index in [0.717, 1.165) is 11.4 Å². The Morgan fingerprint density at radius 1 is 0.512 bits per heavy atom. The summed E-state index contributed by atoms with van der Waals surface area (Å²) in [5.41, 5.74) is 7.51. The Morgan fingerprint density at radius 3 is 0.902 bits per heavy atom. The van der Waals surface area contributed by atoms with Crippen LogP contribution in [0.25, 0.3) is 10.6 Å². The van der Waals surface area contributed by atoms with Crippen LogP contribution < -0.4 is 0 Å². The van der Waals surface area contributed by atoms with Crippen LogP contribution in [0, 0.1) is 6.92 Å². The van der Waals surface area contributed by atoms with Crippen LogP contribution in [-0.2, 0) is 0 Å². The summed E-state index contributed by atoms with van der Waals surface area (Å²) in [5, 5.41) is 28.8. The van der Waals surface area contributed by atoms with Crippen LogP contribution in [0.2, 0.25) is 0 Å². The molecule has 2 N–H and O–H groups in total. The van der Waals surface area contributed by atoms with Gasteiger partial charge in [-0.25, -0.2) is 0 Å². The third-order valence-electron chi connectivity index (χ3n) is 6.75. The number of para-hydroxylation sites is 2. The molecule has 0 saturated heterocycles. The first kappa shape index (κ1) is 41.6. The minimum absolute atomic E-state index is 0. The van der Waals surface area contributed by atoms with E-state index in [0.29, 0.717) is 36.5 Å². The Kier molecular flexibility index (Phi) is 21.5. The van der Waals surface area contributed by atoms with E-state index in [4.69, 9.17) is 10.6 Å². The van der Waals surface area contributed by atoms with Crippen molar-refractivity contribution in [2.45, 2.75) is 151 Å². The number of benzene rings is 2. The zero-order chi connectivity index (χ0) is 31.2. The van der Waals surface area contributed by atoms with Crippen LogP contribution in [0.15, 0.2) is 36.4 Å². The Bertz CT molecular complexity index is 825. The van der Waals surface area contributed by atoms with Crippen LogP contribution in [0.4, 0.5) is 11.4 Å². The molecule has 0 bridgehead atoms. The van der Waals surface area contributed by atoms with Gasteiger partial charge in [-0.05, 0) is 50.4 Å². The Hall–Kier alpha value is -1.51. The number of aliphatic hydroxyl groups is 2. The second-order valence-corrected chi connectivity index (χ2v) is 12.3. The van der Waals surface area contributed by atoms with Crippen LogP contribution in [0.1, 0.15) is 149 Å². The summed E-state index contributed by atoms with van der Waals surface area (Å²) in [6.45, 7) is 30.5. The van der Waals surface area contributed by atoms with E-state index in [-0.39, 0.29) is 41.7 Å². The summed E-state index contributed by atoms with van der Waals surface area (Å²) in [4.78, 5) is 0. The quantitative estimate of drug-likeness (QED) is 0.194. The number of hydrogen-bond donors (Lipinski definition) is 2. The van der Waals surface area contributed by atoms with E-state index in [1.54, 1.807) is 6.92 Å². The van der Waals surface area contributed by atoms with E-state index in [9.17, 15) is 10.2 Å². The molecule has 0 aliphatic rings. The smallest absolute Gasteiger partial charge is 0.681 e. The SMILES string of the molecule is CC(O)CC(C)[N-]c1c(C(C)C)cccc1C(C)C.CC(O)CC(C)[N-]c1c(C(C)C)cccc1C(C)C.[Al+3].[CH2-]C. The maximum atomic E-state index is 9.50. The van der Waals surface area contributed by atoms with Gasteiger partial charge in [-0.15, -0.1) is 23.5 Å². The van der Waals surface area contributed by atoms with Crippen molar-refractivity contribution in [3.8, 4) is 0 Å². The molecule has 230 valence electrons. The van der Waals surface area contributed by atoms with Gasteiger partial charge < -0.3 is 27.8 Å². The number of hydrogen-bond acceptors (Lipinski definition) is 2. The summed E-state index contributed by atoms with van der Waals surface area (Å²) >= 11 is 0. The van der Waals surface area contributed by atoms with Crippen molar-refractivity contribution in [1.82, 2.24) is 0 Å². The van der Waals surface area contributed by atoms with Gasteiger partial charge in [0.25, 0.3) is 0 Å². The van der Waals surface area contributed by atoms with Crippen LogP contribution in [0.3, 0.4) is 0 Å². The average Bonchev–Trinajstić information content (AvgIpc) is 2.84. The van der Waals surface area contributed by atoms with E-state index in [1.807, 2.05) is 13.8 Å². The van der Waals surface area contributed by atoms with E-state index < -0.39 is 0 Å². The van der Waals surface area contributed by atoms with Crippen LogP contribution in [-0.4, -0.2) is 51.9 Å². The molecule has 0 saturated carbocycles. The molecule has 5 heteroatoms. The molecule has 0 spiro atoms. The Morgan fingerprint density at radius 2 is 0.732 bits per heavy atom. The van der Waals surface area contributed by atoms with Crippen molar-refractivity contribution in [3.05, 3.63) is 76.2 Å². The molecule has 0 fully saturated rings. The molecular weight excluding hydrogens is 519 g/mol. The molecule has 0 heterocycles. The maximum Gasteiger partial charge on any atom is 3.00 e. The molecule has 4 nitrogen and oxygen atoms in total. The Labute approximate surface area is 265 Å². The van der Waals surface area contributed by atoms with Gasteiger partial charge in [-0.3, -0.25) is 0 Å². The monoisotopic (exact) mass is 580 g/mol. The van der Waals surface area contributed by atoms with Gasteiger partial charge in [-0.2, -0.15) is 6.92 Å². The second-order valence-electron chi connectivity index (χ2n) is 12.3. The molecule has 0 radical (unpaired) electrons. The number of nitrogens with zero attached hydrogens (tertiary/aromatic N) is 2. The fourth-order valence-electron chi connectivity index (χ4n) is 4.86. The molecular formula is C36H61AlN2O2. The van der Waals surface area contributed by atoms with Crippen molar-refractivity contribution in [1.29, 1.82) is 0 Å². The summed E-state index contributed by atoms with van der Waals surface area (Å²) in [5.74, 6) is 1.87. The van der Waals surface area contributed by atoms with Crippen molar-refractivity contribution >= 4 is 28.7 Å². The molecule has 4 unspecified atom stereocenters. The summed E-state index contributed by atoms with van der Waals surface area (Å²) in [7, 11) is 0. The van der Waals surface area contributed by atoms with Gasteiger partial charge in [-0.1, -0.05) is 128 Å². The average molecular weight is 581 g/mol. The summed E-state index contributed by atoms with van der Waals surface area (Å²) in [6.07, 6.45) is 0.827. The van der Waals surface area contributed by atoms with Gasteiger partial charge in [0, 0.05) is 12.2 Å². The Balaban J connectivity index is 0. The largest absolute Gasteiger partial charge is 3.00 e. The predicted molar refractivity (Wildman–Crippen MR) is 184 cm³/mol. The molecule has 2 rings (SSSR count). The minimum Gasteiger partial charge on any atom is -0.681 e. The second kappa shape index (κ2) is 21.2. The van der Waals surface area contributed by atoms with Crippen LogP contribution >= 0.6 is 0 Å². The van der Waals surface area contributed by atoms with Crippen molar-refractivity contribution in [3.63, 3.8) is 0 Å². The fourth-order valence-corrected chi connectivity index (χ4v) is 4.86. The molecule has 2 aromatic rings. The van der Waals surface area contributed by atoms with Crippen molar-refractivity contribution < 1.29 is 10.2 Å². The van der Waals surface area contributed by atoms with Gasteiger partial charge in [0.2, 0.25) is 0 Å². The van der Waals surface area contributed by atoms with Crippen LogP contribution in [0.5, 0.6) is 0 Å². The molecule has 0 aliphatic heterocycles. The third-order valence-corrected chi connectivity index (χ3v) is 6.75. The number of aliphatic hydroxyl groups excluding tert-OH is 2. The van der Waals surface area contributed by atoms with Crippen molar-refractivity contribution in [2.24, 2.45) is 0 Å². The third kappa shape index (κ3) is 15.0. The summed E-state index contributed by atoms with van der Waals surface area (Å²) < 4.78 is 0. The summed E-state index contributed by atoms with van der Waals surface area (Å²) in [6, 6.07) is 13.2. The van der Waals surface area contributed by atoms with Gasteiger partial charge in [0.1, 0.15) is 0 Å². The molecule has 0 aliphatic carbocycles. The van der Waals surface area contributed by atoms with E-state index in [1.165, 1.54) is 22.3 Å². The topological polar surface area (TPSA) is 68.7 Å². The number of rotatable bonds is 12. The molecule has 4 atom stereocenters. The molecule has 2 aromatic carbocycles. The van der Waals surface area contributed by atoms with Gasteiger partial charge in [0.15, 0.2) is 0 Å². The van der Waals surface area contributed by atoms with E-state index >= 15 is 0 Å². The first-order valence-corrected chi connectivity index (χ1v) is 15.4. The van der Waals surface area contributed by atoms with Gasteiger partial charge in [0.05, 0.1) is 0 Å². The standard InChI is InChI=1S/2C17H28NO.C2H5.Al/c2*1-11(2)15-8-7-9-16(12(3)4)17(15)18-13(5)10-14(6)19;1-2;/h2*7-9,11-14,19H,10H2,1-6H3;1H2,2H3;/q3*-1;+3. The maximum absolute atomic E-state index is 9.50. The van der Waals surface area contributed by atoms with Gasteiger partial charge >= 0.3 is 17.4 Å². The normalized spacial score (nSPS) is 13.9. The fraction of sp³-hybridized carbons (Fsp3) is 0.639.